The second-order valence-corrected chi connectivity index (χ2v) is 3.41. The number of nitrogens with zero attached hydrogens (tertiary/aromatic N) is 2. The summed E-state index contributed by atoms with van der Waals surface area (Å²) < 4.78 is 25.8. The fourth-order valence-corrected chi connectivity index (χ4v) is 1.53. The van der Waals surface area contributed by atoms with Crippen LogP contribution in [0.25, 0.3) is 0 Å². The molecule has 4 heteroatoms. The normalized spacial score (nSPS) is 10.4. The van der Waals surface area contributed by atoms with Gasteiger partial charge in [0.05, 0.1) is 0 Å². The highest BCUT2D eigenvalue weighted by Gasteiger charge is 2.09. The zero-order valence-corrected chi connectivity index (χ0v) is 8.53. The summed E-state index contributed by atoms with van der Waals surface area (Å²) in [7, 11) is 0. The Bertz CT molecular complexity index is 472. The molecule has 0 N–H and O–H groups in total. The number of halogens is 2. The van der Waals surface area contributed by atoms with Crippen LogP contribution in [0.2, 0.25) is 0 Å². The molecule has 2 aromatic heterocycles. The van der Waals surface area contributed by atoms with Crippen LogP contribution in [-0.4, -0.2) is 9.97 Å². The maximum Gasteiger partial charge on any atom is 0.218 e. The van der Waals surface area contributed by atoms with Gasteiger partial charge in [-0.25, -0.2) is 9.37 Å². The van der Waals surface area contributed by atoms with Gasteiger partial charge >= 0.3 is 0 Å². The number of alkyl halides is 1. The SMILES string of the molecule is FCc1c(Cc2cccnc2)ccnc1F. The Balaban J connectivity index is 2.31. The van der Waals surface area contributed by atoms with E-state index < -0.39 is 12.6 Å². The van der Waals surface area contributed by atoms with E-state index in [0.717, 1.165) is 5.56 Å². The van der Waals surface area contributed by atoms with Crippen LogP contribution in [0, 0.1) is 5.95 Å². The first-order chi connectivity index (χ1) is 7.81. The molecule has 16 heavy (non-hydrogen) atoms. The lowest BCUT2D eigenvalue weighted by Gasteiger charge is -2.06. The molecule has 0 fully saturated rings. The van der Waals surface area contributed by atoms with Crippen LogP contribution in [0.5, 0.6) is 0 Å². The van der Waals surface area contributed by atoms with Crippen molar-refractivity contribution in [3.8, 4) is 0 Å². The van der Waals surface area contributed by atoms with Crippen molar-refractivity contribution in [2.75, 3.05) is 0 Å². The van der Waals surface area contributed by atoms with Crippen molar-refractivity contribution in [2.45, 2.75) is 13.1 Å². The summed E-state index contributed by atoms with van der Waals surface area (Å²) in [5.41, 5.74) is 1.57. The quantitative estimate of drug-likeness (QED) is 0.743. The van der Waals surface area contributed by atoms with Crippen molar-refractivity contribution in [1.82, 2.24) is 9.97 Å². The maximum atomic E-state index is 13.2. The lowest BCUT2D eigenvalue weighted by molar-refractivity contribution is 0.451. The van der Waals surface area contributed by atoms with E-state index in [0.29, 0.717) is 12.0 Å². The molecule has 0 aromatic carbocycles. The molecule has 2 nitrogen and oxygen atoms in total. The molecule has 0 aliphatic heterocycles. The van der Waals surface area contributed by atoms with Crippen molar-refractivity contribution in [3.05, 3.63) is 59.4 Å². The van der Waals surface area contributed by atoms with Gasteiger partial charge in [-0.15, -0.1) is 0 Å². The summed E-state index contributed by atoms with van der Waals surface area (Å²) in [5, 5.41) is 0. The first-order valence-corrected chi connectivity index (χ1v) is 4.88. The smallest absolute Gasteiger partial charge is 0.218 e. The van der Waals surface area contributed by atoms with E-state index >= 15 is 0 Å². The summed E-state index contributed by atoms with van der Waals surface area (Å²) in [4.78, 5) is 7.39. The molecule has 82 valence electrons. The third-order valence-electron chi connectivity index (χ3n) is 2.35. The van der Waals surface area contributed by atoms with Gasteiger partial charge in [0, 0.05) is 24.2 Å². The third-order valence-corrected chi connectivity index (χ3v) is 2.35. The highest BCUT2D eigenvalue weighted by molar-refractivity contribution is 5.29. The van der Waals surface area contributed by atoms with Gasteiger partial charge in [0.15, 0.2) is 0 Å². The molecular weight excluding hydrogens is 210 g/mol. The van der Waals surface area contributed by atoms with Gasteiger partial charge in [-0.2, -0.15) is 4.39 Å². The Kier molecular flexibility index (Phi) is 3.19. The van der Waals surface area contributed by atoms with Crippen molar-refractivity contribution < 1.29 is 8.78 Å². The summed E-state index contributed by atoms with van der Waals surface area (Å²) in [6, 6.07) is 5.29. The van der Waals surface area contributed by atoms with Gasteiger partial charge in [0.2, 0.25) is 5.95 Å². The standard InChI is InChI=1S/C12H10F2N2/c13-7-11-10(3-5-16-12(11)14)6-9-2-1-4-15-8-9/h1-5,8H,6-7H2. The number of rotatable bonds is 3. The minimum Gasteiger partial charge on any atom is -0.264 e. The van der Waals surface area contributed by atoms with Gasteiger partial charge < -0.3 is 0 Å². The van der Waals surface area contributed by atoms with Crippen LogP contribution < -0.4 is 0 Å². The van der Waals surface area contributed by atoms with Crippen molar-refractivity contribution >= 4 is 0 Å². The van der Waals surface area contributed by atoms with Gasteiger partial charge in [-0.1, -0.05) is 6.07 Å². The first kappa shape index (κ1) is 10.7. The Morgan fingerprint density at radius 1 is 1.19 bits per heavy atom. The summed E-state index contributed by atoms with van der Waals surface area (Å²) in [6.45, 7) is -0.838. The maximum absolute atomic E-state index is 13.2. The van der Waals surface area contributed by atoms with Gasteiger partial charge in [0.25, 0.3) is 0 Å². The molecule has 0 aliphatic rings. The van der Waals surface area contributed by atoms with E-state index in [9.17, 15) is 8.78 Å². The zero-order chi connectivity index (χ0) is 11.4. The van der Waals surface area contributed by atoms with Crippen LogP contribution in [0.4, 0.5) is 8.78 Å². The molecule has 0 spiro atoms. The minimum absolute atomic E-state index is 0.0337. The van der Waals surface area contributed by atoms with Crippen molar-refractivity contribution in [3.63, 3.8) is 0 Å². The van der Waals surface area contributed by atoms with E-state index in [-0.39, 0.29) is 5.56 Å². The fourth-order valence-electron chi connectivity index (χ4n) is 1.53. The summed E-state index contributed by atoms with van der Waals surface area (Å²) >= 11 is 0. The van der Waals surface area contributed by atoms with E-state index in [4.69, 9.17) is 0 Å². The molecule has 0 amide bonds. The van der Waals surface area contributed by atoms with E-state index in [1.807, 2.05) is 6.07 Å². The van der Waals surface area contributed by atoms with Crippen LogP contribution in [-0.2, 0) is 13.1 Å². The zero-order valence-electron chi connectivity index (χ0n) is 8.53. The molecule has 0 aliphatic carbocycles. The second kappa shape index (κ2) is 4.79. The predicted molar refractivity (Wildman–Crippen MR) is 56.1 cm³/mol. The summed E-state index contributed by atoms with van der Waals surface area (Å²) in [5.74, 6) is -0.733. The topological polar surface area (TPSA) is 25.8 Å². The lowest BCUT2D eigenvalue weighted by atomic mass is 10.0. The molecule has 2 rings (SSSR count). The minimum atomic E-state index is -0.838. The Labute approximate surface area is 92.0 Å². The van der Waals surface area contributed by atoms with E-state index in [1.54, 1.807) is 24.5 Å². The monoisotopic (exact) mass is 220 g/mol. The predicted octanol–water partition coefficient (Wildman–Crippen LogP) is 2.68. The van der Waals surface area contributed by atoms with Gasteiger partial charge in [0.1, 0.15) is 6.67 Å². The van der Waals surface area contributed by atoms with Gasteiger partial charge in [-0.3, -0.25) is 4.98 Å². The average molecular weight is 220 g/mol. The molecule has 0 bridgehead atoms. The largest absolute Gasteiger partial charge is 0.264 e. The summed E-state index contributed by atoms with van der Waals surface area (Å²) in [6.07, 6.45) is 5.15. The molecule has 0 saturated heterocycles. The highest BCUT2D eigenvalue weighted by Crippen LogP contribution is 2.16. The van der Waals surface area contributed by atoms with Crippen LogP contribution >= 0.6 is 0 Å². The van der Waals surface area contributed by atoms with Crippen LogP contribution in [0.3, 0.4) is 0 Å². The molecule has 0 radical (unpaired) electrons. The molecule has 0 saturated carbocycles. The van der Waals surface area contributed by atoms with E-state index in [1.165, 1.54) is 6.20 Å². The molecule has 0 unspecified atom stereocenters. The molecule has 0 atom stereocenters. The fraction of sp³-hybridized carbons (Fsp3) is 0.167. The van der Waals surface area contributed by atoms with Crippen molar-refractivity contribution in [1.29, 1.82) is 0 Å². The first-order valence-electron chi connectivity index (χ1n) is 4.88. The number of hydrogen-bond donors (Lipinski definition) is 0. The van der Waals surface area contributed by atoms with Gasteiger partial charge in [-0.05, 0) is 29.7 Å². The Morgan fingerprint density at radius 2 is 2.06 bits per heavy atom. The lowest BCUT2D eigenvalue weighted by Crippen LogP contribution is -2.00. The molecule has 2 aromatic rings. The van der Waals surface area contributed by atoms with E-state index in [2.05, 4.69) is 9.97 Å². The van der Waals surface area contributed by atoms with Crippen molar-refractivity contribution in [2.24, 2.45) is 0 Å². The second-order valence-electron chi connectivity index (χ2n) is 3.41. The van der Waals surface area contributed by atoms with Crippen LogP contribution in [0.15, 0.2) is 36.8 Å². The number of aromatic nitrogens is 2. The third kappa shape index (κ3) is 2.21. The Hall–Kier alpha value is -1.84. The van der Waals surface area contributed by atoms with Crippen LogP contribution in [0.1, 0.15) is 16.7 Å². The molecule has 2 heterocycles. The number of hydrogen-bond acceptors (Lipinski definition) is 2. The molecular formula is C12H10F2N2. The highest BCUT2D eigenvalue weighted by atomic mass is 19.1. The Morgan fingerprint density at radius 3 is 2.75 bits per heavy atom. The average Bonchev–Trinajstić information content (AvgIpc) is 2.31. The number of pyridine rings is 2.